The SMILES string of the molecule is Cc1cc(C(O)C(O)CCNC(=O)OCC2c3ccccc3-c3ccccc32)ccn1. The lowest BCUT2D eigenvalue weighted by atomic mass is 9.98. The highest BCUT2D eigenvalue weighted by Crippen LogP contribution is 2.44. The maximum atomic E-state index is 12.2. The zero-order valence-corrected chi connectivity index (χ0v) is 17.4. The number of pyridine rings is 1. The van der Waals surface area contributed by atoms with E-state index in [1.807, 2.05) is 31.2 Å². The van der Waals surface area contributed by atoms with Crippen molar-refractivity contribution in [1.82, 2.24) is 10.3 Å². The van der Waals surface area contributed by atoms with Gasteiger partial charge in [-0.1, -0.05) is 48.5 Å². The lowest BCUT2D eigenvalue weighted by Crippen LogP contribution is -2.30. The lowest BCUT2D eigenvalue weighted by molar-refractivity contribution is 0.0136. The minimum absolute atomic E-state index is 0.000456. The first-order chi connectivity index (χ1) is 15.0. The first kappa shape index (κ1) is 21.0. The molecule has 160 valence electrons. The molecule has 2 atom stereocenters. The van der Waals surface area contributed by atoms with E-state index >= 15 is 0 Å². The molecule has 1 heterocycles. The first-order valence-electron chi connectivity index (χ1n) is 10.4. The third kappa shape index (κ3) is 4.60. The van der Waals surface area contributed by atoms with E-state index in [0.717, 1.165) is 16.8 Å². The van der Waals surface area contributed by atoms with Gasteiger partial charge in [-0.15, -0.1) is 0 Å². The Balaban J connectivity index is 1.28. The average Bonchev–Trinajstić information content (AvgIpc) is 3.11. The van der Waals surface area contributed by atoms with Crippen molar-refractivity contribution >= 4 is 6.09 Å². The van der Waals surface area contributed by atoms with Crippen molar-refractivity contribution in [1.29, 1.82) is 0 Å². The molecular weight excluding hydrogens is 392 g/mol. The largest absolute Gasteiger partial charge is 0.449 e. The molecule has 0 bridgehead atoms. The number of ether oxygens (including phenoxy) is 1. The van der Waals surface area contributed by atoms with E-state index in [0.29, 0.717) is 5.56 Å². The summed E-state index contributed by atoms with van der Waals surface area (Å²) in [6.45, 7) is 2.25. The molecule has 0 fully saturated rings. The van der Waals surface area contributed by atoms with Crippen LogP contribution in [0.4, 0.5) is 4.79 Å². The Labute approximate surface area is 181 Å². The third-order valence-corrected chi connectivity index (χ3v) is 5.68. The van der Waals surface area contributed by atoms with Crippen LogP contribution >= 0.6 is 0 Å². The van der Waals surface area contributed by atoms with Gasteiger partial charge in [0.05, 0.1) is 6.10 Å². The van der Waals surface area contributed by atoms with Gasteiger partial charge in [-0.2, -0.15) is 0 Å². The number of fused-ring (bicyclic) bond motifs is 3. The molecule has 2 unspecified atom stereocenters. The minimum atomic E-state index is -1.04. The fraction of sp³-hybridized carbons (Fsp3) is 0.280. The zero-order valence-electron chi connectivity index (χ0n) is 17.4. The summed E-state index contributed by atoms with van der Waals surface area (Å²) in [6, 6.07) is 19.7. The molecule has 2 aromatic carbocycles. The first-order valence-corrected chi connectivity index (χ1v) is 10.4. The van der Waals surface area contributed by atoms with Crippen molar-refractivity contribution in [3.63, 3.8) is 0 Å². The van der Waals surface area contributed by atoms with Gasteiger partial charge < -0.3 is 20.3 Å². The lowest BCUT2D eigenvalue weighted by Gasteiger charge is -2.19. The van der Waals surface area contributed by atoms with E-state index < -0.39 is 18.3 Å². The number of carbonyl (C=O) groups excluding carboxylic acids is 1. The smallest absolute Gasteiger partial charge is 0.407 e. The molecule has 1 aliphatic rings. The van der Waals surface area contributed by atoms with Gasteiger partial charge in [0.1, 0.15) is 12.7 Å². The Hall–Kier alpha value is -3.22. The van der Waals surface area contributed by atoms with Crippen LogP contribution in [-0.2, 0) is 4.74 Å². The number of aryl methyl sites for hydroxylation is 1. The van der Waals surface area contributed by atoms with Gasteiger partial charge in [0.25, 0.3) is 0 Å². The van der Waals surface area contributed by atoms with Crippen molar-refractivity contribution < 1.29 is 19.7 Å². The summed E-state index contributed by atoms with van der Waals surface area (Å²) in [5.74, 6) is 0.000456. The van der Waals surface area contributed by atoms with Crippen LogP contribution in [0.2, 0.25) is 0 Å². The van der Waals surface area contributed by atoms with Gasteiger partial charge in [0.15, 0.2) is 0 Å². The third-order valence-electron chi connectivity index (χ3n) is 5.68. The molecule has 3 N–H and O–H groups in total. The fourth-order valence-electron chi connectivity index (χ4n) is 4.10. The highest BCUT2D eigenvalue weighted by atomic mass is 16.5. The average molecular weight is 418 g/mol. The molecule has 6 heteroatoms. The number of aromatic nitrogens is 1. The van der Waals surface area contributed by atoms with Gasteiger partial charge in [-0.25, -0.2) is 4.79 Å². The molecule has 1 aromatic heterocycles. The quantitative estimate of drug-likeness (QED) is 0.544. The van der Waals surface area contributed by atoms with Crippen LogP contribution in [-0.4, -0.2) is 40.5 Å². The molecule has 31 heavy (non-hydrogen) atoms. The maximum absolute atomic E-state index is 12.2. The second-order valence-electron chi connectivity index (χ2n) is 7.78. The van der Waals surface area contributed by atoms with E-state index in [9.17, 15) is 15.0 Å². The Bertz CT molecular complexity index is 1020. The number of rotatable bonds is 7. The number of benzene rings is 2. The number of alkyl carbamates (subject to hydrolysis) is 1. The van der Waals surface area contributed by atoms with Crippen molar-refractivity contribution in [2.24, 2.45) is 0 Å². The number of amides is 1. The van der Waals surface area contributed by atoms with E-state index in [2.05, 4.69) is 34.6 Å². The van der Waals surface area contributed by atoms with Gasteiger partial charge in [0.2, 0.25) is 0 Å². The Morgan fingerprint density at radius 2 is 1.71 bits per heavy atom. The van der Waals surface area contributed by atoms with Crippen LogP contribution in [0.15, 0.2) is 66.9 Å². The molecule has 0 radical (unpaired) electrons. The van der Waals surface area contributed by atoms with Crippen LogP contribution in [0.5, 0.6) is 0 Å². The Morgan fingerprint density at radius 1 is 1.06 bits per heavy atom. The van der Waals surface area contributed by atoms with Crippen molar-refractivity contribution in [2.75, 3.05) is 13.2 Å². The highest BCUT2D eigenvalue weighted by Gasteiger charge is 2.29. The monoisotopic (exact) mass is 418 g/mol. The van der Waals surface area contributed by atoms with Crippen LogP contribution in [0.1, 0.15) is 40.8 Å². The molecular formula is C25H26N2O4. The Morgan fingerprint density at radius 3 is 2.35 bits per heavy atom. The molecule has 1 aliphatic carbocycles. The molecule has 0 saturated heterocycles. The zero-order chi connectivity index (χ0) is 21.8. The highest BCUT2D eigenvalue weighted by molar-refractivity contribution is 5.79. The number of hydrogen-bond acceptors (Lipinski definition) is 5. The van der Waals surface area contributed by atoms with Crippen LogP contribution < -0.4 is 5.32 Å². The molecule has 3 aromatic rings. The summed E-state index contributed by atoms with van der Waals surface area (Å²) in [6.07, 6.45) is -0.785. The van der Waals surface area contributed by atoms with E-state index in [1.54, 1.807) is 18.3 Å². The second kappa shape index (κ2) is 9.29. The maximum Gasteiger partial charge on any atom is 0.407 e. The molecule has 6 nitrogen and oxygen atoms in total. The summed E-state index contributed by atoms with van der Waals surface area (Å²) in [4.78, 5) is 16.3. The van der Waals surface area contributed by atoms with Gasteiger partial charge in [-0.05, 0) is 53.3 Å². The number of aliphatic hydroxyl groups is 2. The van der Waals surface area contributed by atoms with E-state index in [1.165, 1.54) is 11.1 Å². The number of aliphatic hydroxyl groups excluding tert-OH is 2. The molecule has 1 amide bonds. The van der Waals surface area contributed by atoms with Crippen molar-refractivity contribution in [2.45, 2.75) is 31.5 Å². The predicted molar refractivity (Wildman–Crippen MR) is 118 cm³/mol. The summed E-state index contributed by atoms with van der Waals surface area (Å²) < 4.78 is 5.48. The normalized spacial score (nSPS) is 14.4. The summed E-state index contributed by atoms with van der Waals surface area (Å²) in [7, 11) is 0. The fourth-order valence-corrected chi connectivity index (χ4v) is 4.10. The second-order valence-corrected chi connectivity index (χ2v) is 7.78. The summed E-state index contributed by atoms with van der Waals surface area (Å²) in [5, 5.41) is 23.2. The van der Waals surface area contributed by atoms with Gasteiger partial charge >= 0.3 is 6.09 Å². The molecule has 0 saturated carbocycles. The van der Waals surface area contributed by atoms with Crippen LogP contribution in [0.3, 0.4) is 0 Å². The molecule has 4 rings (SSSR count). The van der Waals surface area contributed by atoms with Crippen molar-refractivity contribution in [3.8, 4) is 11.1 Å². The molecule has 0 aliphatic heterocycles. The van der Waals surface area contributed by atoms with E-state index in [4.69, 9.17) is 4.74 Å². The van der Waals surface area contributed by atoms with Gasteiger partial charge in [-0.3, -0.25) is 4.98 Å². The summed E-state index contributed by atoms with van der Waals surface area (Å²) in [5.41, 5.74) is 6.03. The summed E-state index contributed by atoms with van der Waals surface area (Å²) >= 11 is 0. The molecule has 0 spiro atoms. The van der Waals surface area contributed by atoms with Crippen LogP contribution in [0.25, 0.3) is 11.1 Å². The van der Waals surface area contributed by atoms with Crippen molar-refractivity contribution in [3.05, 3.63) is 89.2 Å². The van der Waals surface area contributed by atoms with Crippen LogP contribution in [0, 0.1) is 6.92 Å². The standard InChI is InChI=1S/C25H26N2O4/c1-16-14-17(10-12-26-16)24(29)23(28)11-13-27-25(30)31-15-22-20-8-4-2-6-18(20)19-7-3-5-9-21(19)22/h2-10,12,14,22-24,28-29H,11,13,15H2,1H3,(H,27,30). The Kier molecular flexibility index (Phi) is 6.30. The number of nitrogens with one attached hydrogen (secondary N) is 1. The number of carbonyl (C=O) groups is 1. The van der Waals surface area contributed by atoms with Gasteiger partial charge in [0, 0.05) is 24.4 Å². The number of hydrogen-bond donors (Lipinski definition) is 3. The number of nitrogens with zero attached hydrogens (tertiary/aromatic N) is 1. The predicted octanol–water partition coefficient (Wildman–Crippen LogP) is 3.71. The minimum Gasteiger partial charge on any atom is -0.449 e. The topological polar surface area (TPSA) is 91.7 Å². The van der Waals surface area contributed by atoms with E-state index in [-0.39, 0.29) is 25.5 Å².